The zero-order chi connectivity index (χ0) is 12.1. The van der Waals surface area contributed by atoms with Crippen molar-refractivity contribution < 1.29 is 5.11 Å². The van der Waals surface area contributed by atoms with Gasteiger partial charge in [-0.05, 0) is 23.9 Å². The van der Waals surface area contributed by atoms with E-state index in [1.807, 2.05) is 18.2 Å². The first-order chi connectivity index (χ1) is 8.31. The highest BCUT2D eigenvalue weighted by Crippen LogP contribution is 2.20. The van der Waals surface area contributed by atoms with Gasteiger partial charge in [0.25, 0.3) is 0 Å². The highest BCUT2D eigenvalue weighted by atomic mass is 32.1. The van der Waals surface area contributed by atoms with Crippen LogP contribution >= 0.6 is 11.3 Å². The van der Waals surface area contributed by atoms with Crippen molar-refractivity contribution in [2.24, 2.45) is 0 Å². The fourth-order valence-electron chi connectivity index (χ4n) is 1.87. The summed E-state index contributed by atoms with van der Waals surface area (Å²) in [6.07, 6.45) is 1.05. The molecular weight excluding hydrogens is 230 g/mol. The van der Waals surface area contributed by atoms with Gasteiger partial charge in [0.05, 0.1) is 6.61 Å². The smallest absolute Gasteiger partial charge is 0.0702 e. The van der Waals surface area contributed by atoms with Crippen LogP contribution in [0.25, 0.3) is 0 Å². The Balaban J connectivity index is 2.01. The van der Waals surface area contributed by atoms with Crippen LogP contribution in [0, 0.1) is 0 Å². The summed E-state index contributed by atoms with van der Waals surface area (Å²) in [5.41, 5.74) is 2.10. The number of rotatable bonds is 5. The molecule has 0 aliphatic rings. The molecule has 2 nitrogen and oxygen atoms in total. The quantitative estimate of drug-likeness (QED) is 0.878. The lowest BCUT2D eigenvalue weighted by Gasteiger charge is -2.21. The number of anilines is 1. The minimum absolute atomic E-state index is 0.0967. The lowest BCUT2D eigenvalue weighted by Crippen LogP contribution is -2.21. The summed E-state index contributed by atoms with van der Waals surface area (Å²) in [6, 6.07) is 12.2. The number of hydrogen-bond donors (Lipinski definition) is 1. The molecule has 0 spiro atoms. The SMILES string of the molecule is CN(CCc1cccs1)c1ccccc1CO. The van der Waals surface area contributed by atoms with Gasteiger partial charge in [0.15, 0.2) is 0 Å². The third-order valence-corrected chi connectivity index (χ3v) is 3.78. The van der Waals surface area contributed by atoms with Crippen LogP contribution < -0.4 is 4.90 Å². The summed E-state index contributed by atoms with van der Waals surface area (Å²) in [4.78, 5) is 3.60. The van der Waals surface area contributed by atoms with Gasteiger partial charge < -0.3 is 10.0 Å². The van der Waals surface area contributed by atoms with Crippen molar-refractivity contribution in [3.8, 4) is 0 Å². The maximum absolute atomic E-state index is 9.29. The van der Waals surface area contributed by atoms with Gasteiger partial charge in [0, 0.05) is 29.7 Å². The van der Waals surface area contributed by atoms with E-state index in [-0.39, 0.29) is 6.61 Å². The minimum atomic E-state index is 0.0967. The molecule has 2 aromatic rings. The topological polar surface area (TPSA) is 23.5 Å². The van der Waals surface area contributed by atoms with Gasteiger partial charge in [-0.3, -0.25) is 0 Å². The molecule has 0 radical (unpaired) electrons. The second-order valence-electron chi connectivity index (χ2n) is 4.04. The molecule has 1 aromatic heterocycles. The number of nitrogens with zero attached hydrogens (tertiary/aromatic N) is 1. The number of hydrogen-bond acceptors (Lipinski definition) is 3. The summed E-state index contributed by atoms with van der Waals surface area (Å²) in [6.45, 7) is 1.07. The molecular formula is C14H17NOS. The predicted molar refractivity (Wildman–Crippen MR) is 73.7 cm³/mol. The Morgan fingerprint density at radius 2 is 2.00 bits per heavy atom. The number of aliphatic hydroxyl groups excluding tert-OH is 1. The highest BCUT2D eigenvalue weighted by Gasteiger charge is 2.06. The van der Waals surface area contributed by atoms with Gasteiger partial charge in [-0.15, -0.1) is 11.3 Å². The number of aliphatic hydroxyl groups is 1. The maximum Gasteiger partial charge on any atom is 0.0702 e. The molecule has 0 amide bonds. The van der Waals surface area contributed by atoms with E-state index in [0.29, 0.717) is 0 Å². The molecule has 0 unspecified atom stereocenters. The average Bonchev–Trinajstić information content (AvgIpc) is 2.89. The first kappa shape index (κ1) is 12.1. The first-order valence-electron chi connectivity index (χ1n) is 5.73. The van der Waals surface area contributed by atoms with Crippen molar-refractivity contribution in [2.75, 3.05) is 18.5 Å². The van der Waals surface area contributed by atoms with Gasteiger partial charge >= 0.3 is 0 Å². The predicted octanol–water partition coefficient (Wildman–Crippen LogP) is 2.92. The zero-order valence-corrected chi connectivity index (χ0v) is 10.8. The number of para-hydroxylation sites is 1. The van der Waals surface area contributed by atoms with Gasteiger partial charge in [0.2, 0.25) is 0 Å². The van der Waals surface area contributed by atoms with Crippen LogP contribution in [-0.2, 0) is 13.0 Å². The monoisotopic (exact) mass is 247 g/mol. The van der Waals surface area contributed by atoms with E-state index < -0.39 is 0 Å². The molecule has 0 fully saturated rings. The van der Waals surface area contributed by atoms with Crippen molar-refractivity contribution in [2.45, 2.75) is 13.0 Å². The molecule has 3 heteroatoms. The fraction of sp³-hybridized carbons (Fsp3) is 0.286. The molecule has 0 atom stereocenters. The molecule has 90 valence electrons. The van der Waals surface area contributed by atoms with Crippen LogP contribution in [0.15, 0.2) is 41.8 Å². The van der Waals surface area contributed by atoms with Gasteiger partial charge in [-0.2, -0.15) is 0 Å². The van der Waals surface area contributed by atoms with Crippen molar-refractivity contribution in [3.05, 3.63) is 52.2 Å². The van der Waals surface area contributed by atoms with Crippen LogP contribution in [0.3, 0.4) is 0 Å². The molecule has 0 saturated carbocycles. The van der Waals surface area contributed by atoms with E-state index in [2.05, 4.69) is 35.5 Å². The Labute approximate surface area is 106 Å². The standard InChI is InChI=1S/C14H17NOS/c1-15(9-8-13-6-4-10-17-13)14-7-3-2-5-12(14)11-16/h2-7,10,16H,8-9,11H2,1H3. The average molecular weight is 247 g/mol. The van der Waals surface area contributed by atoms with Crippen LogP contribution in [-0.4, -0.2) is 18.7 Å². The molecule has 0 aliphatic carbocycles. The van der Waals surface area contributed by atoms with Crippen LogP contribution in [0.1, 0.15) is 10.4 Å². The normalized spacial score (nSPS) is 10.5. The Morgan fingerprint density at radius 1 is 1.18 bits per heavy atom. The largest absolute Gasteiger partial charge is 0.392 e. The Bertz CT molecular complexity index is 453. The van der Waals surface area contributed by atoms with Crippen LogP contribution in [0.5, 0.6) is 0 Å². The van der Waals surface area contributed by atoms with Gasteiger partial charge in [-0.25, -0.2) is 0 Å². The van der Waals surface area contributed by atoms with E-state index in [1.165, 1.54) is 4.88 Å². The van der Waals surface area contributed by atoms with Crippen molar-refractivity contribution >= 4 is 17.0 Å². The Kier molecular flexibility index (Phi) is 4.18. The summed E-state index contributed by atoms with van der Waals surface area (Å²) in [7, 11) is 2.07. The van der Waals surface area contributed by atoms with Crippen molar-refractivity contribution in [3.63, 3.8) is 0 Å². The van der Waals surface area contributed by atoms with Gasteiger partial charge in [-0.1, -0.05) is 24.3 Å². The second-order valence-corrected chi connectivity index (χ2v) is 5.07. The van der Waals surface area contributed by atoms with Crippen LogP contribution in [0.2, 0.25) is 0 Å². The van der Waals surface area contributed by atoms with Crippen molar-refractivity contribution in [1.29, 1.82) is 0 Å². The van der Waals surface area contributed by atoms with E-state index in [4.69, 9.17) is 0 Å². The van der Waals surface area contributed by atoms with E-state index in [1.54, 1.807) is 11.3 Å². The molecule has 17 heavy (non-hydrogen) atoms. The summed E-state index contributed by atoms with van der Waals surface area (Å²) in [5.74, 6) is 0. The van der Waals surface area contributed by atoms with Crippen LogP contribution in [0.4, 0.5) is 5.69 Å². The molecule has 0 bridgehead atoms. The van der Waals surface area contributed by atoms with E-state index in [9.17, 15) is 5.11 Å². The fourth-order valence-corrected chi connectivity index (χ4v) is 2.57. The Morgan fingerprint density at radius 3 is 2.71 bits per heavy atom. The first-order valence-corrected chi connectivity index (χ1v) is 6.61. The van der Waals surface area contributed by atoms with E-state index >= 15 is 0 Å². The Hall–Kier alpha value is -1.32. The molecule has 0 saturated heterocycles. The number of thiophene rings is 1. The van der Waals surface area contributed by atoms with Crippen molar-refractivity contribution in [1.82, 2.24) is 0 Å². The molecule has 1 aromatic carbocycles. The molecule has 2 rings (SSSR count). The zero-order valence-electron chi connectivity index (χ0n) is 9.97. The summed E-state index contributed by atoms with van der Waals surface area (Å²) < 4.78 is 0. The van der Waals surface area contributed by atoms with Gasteiger partial charge in [0.1, 0.15) is 0 Å². The minimum Gasteiger partial charge on any atom is -0.392 e. The molecule has 1 N–H and O–H groups in total. The third-order valence-electron chi connectivity index (χ3n) is 2.85. The van der Waals surface area contributed by atoms with E-state index in [0.717, 1.165) is 24.2 Å². The second kappa shape index (κ2) is 5.84. The highest BCUT2D eigenvalue weighted by molar-refractivity contribution is 7.09. The lowest BCUT2D eigenvalue weighted by molar-refractivity contribution is 0.282. The number of benzene rings is 1. The lowest BCUT2D eigenvalue weighted by atomic mass is 10.1. The summed E-state index contributed by atoms with van der Waals surface area (Å²) in [5, 5.41) is 11.4. The third kappa shape index (κ3) is 3.08. The maximum atomic E-state index is 9.29. The molecule has 1 heterocycles. The summed E-state index contributed by atoms with van der Waals surface area (Å²) >= 11 is 1.79. The number of likely N-dealkylation sites (N-methyl/N-ethyl adjacent to an activating group) is 1. The molecule has 0 aliphatic heterocycles.